The molecule has 15 heavy (non-hydrogen) atoms. The third-order valence-electron chi connectivity index (χ3n) is 1.79. The van der Waals surface area contributed by atoms with Crippen molar-refractivity contribution in [2.45, 2.75) is 6.10 Å². The highest BCUT2D eigenvalue weighted by atomic mass is 16.4. The molecule has 0 bridgehead atoms. The van der Waals surface area contributed by atoms with E-state index < -0.39 is 18.0 Å². The fourth-order valence-electron chi connectivity index (χ4n) is 0.964. The van der Waals surface area contributed by atoms with Crippen LogP contribution >= 0.6 is 0 Å². The molecule has 0 radical (unpaired) electrons. The largest absolute Gasteiger partial charge is 0.479 e. The summed E-state index contributed by atoms with van der Waals surface area (Å²) in [6, 6.07) is 1.49. The van der Waals surface area contributed by atoms with Crippen molar-refractivity contribution in [3.05, 3.63) is 18.0 Å². The summed E-state index contributed by atoms with van der Waals surface area (Å²) in [5, 5.41) is 23.3. The summed E-state index contributed by atoms with van der Waals surface area (Å²) < 4.78 is 1.35. The first-order chi connectivity index (χ1) is 7.02. The topological polar surface area (TPSA) is 104 Å². The zero-order valence-corrected chi connectivity index (χ0v) is 8.04. The lowest BCUT2D eigenvalue weighted by Crippen LogP contribution is -2.37. The fraction of sp³-hybridized carbons (Fsp3) is 0.375. The van der Waals surface area contributed by atoms with Crippen LogP contribution in [0.2, 0.25) is 0 Å². The van der Waals surface area contributed by atoms with Crippen molar-refractivity contribution < 1.29 is 19.8 Å². The van der Waals surface area contributed by atoms with Gasteiger partial charge in [-0.25, -0.2) is 4.79 Å². The molecule has 0 saturated carbocycles. The van der Waals surface area contributed by atoms with Crippen molar-refractivity contribution >= 4 is 11.9 Å². The van der Waals surface area contributed by atoms with E-state index in [0.717, 1.165) is 0 Å². The van der Waals surface area contributed by atoms with Gasteiger partial charge in [-0.15, -0.1) is 0 Å². The standard InChI is InChI=1S/C8H11N3O4/c1-11-5(2-3-10-11)7(13)9-4-6(12)8(14)15/h2-3,6,12H,4H2,1H3,(H,9,13)(H,14,15)/t6-/m0/s1. The van der Waals surface area contributed by atoms with E-state index in [1.807, 2.05) is 0 Å². The van der Waals surface area contributed by atoms with Crippen molar-refractivity contribution in [3.8, 4) is 0 Å². The Bertz CT molecular complexity index is 374. The summed E-state index contributed by atoms with van der Waals surface area (Å²) >= 11 is 0. The Hall–Kier alpha value is -1.89. The Labute approximate surface area is 85.3 Å². The van der Waals surface area contributed by atoms with E-state index in [0.29, 0.717) is 5.69 Å². The van der Waals surface area contributed by atoms with Gasteiger partial charge >= 0.3 is 5.97 Å². The molecule has 0 aliphatic heterocycles. The number of aliphatic hydroxyl groups excluding tert-OH is 1. The Kier molecular flexibility index (Phi) is 3.40. The van der Waals surface area contributed by atoms with Crippen molar-refractivity contribution in [1.29, 1.82) is 0 Å². The highest BCUT2D eigenvalue weighted by molar-refractivity contribution is 5.92. The normalized spacial score (nSPS) is 12.1. The number of carboxylic acid groups (broad SMARTS) is 1. The van der Waals surface area contributed by atoms with E-state index in [-0.39, 0.29) is 6.54 Å². The van der Waals surface area contributed by atoms with Gasteiger partial charge in [-0.2, -0.15) is 5.10 Å². The molecule has 1 aromatic heterocycles. The monoisotopic (exact) mass is 213 g/mol. The average molecular weight is 213 g/mol. The second-order valence-corrected chi connectivity index (χ2v) is 2.90. The summed E-state index contributed by atoms with van der Waals surface area (Å²) in [5.74, 6) is -1.85. The van der Waals surface area contributed by atoms with Gasteiger partial charge in [0, 0.05) is 13.2 Å². The number of aliphatic carboxylic acids is 1. The Morgan fingerprint density at radius 1 is 1.67 bits per heavy atom. The lowest BCUT2D eigenvalue weighted by Gasteiger charge is -2.07. The number of hydrogen-bond donors (Lipinski definition) is 3. The number of carboxylic acids is 1. The summed E-state index contributed by atoms with van der Waals surface area (Å²) in [7, 11) is 1.59. The van der Waals surface area contributed by atoms with Gasteiger partial charge < -0.3 is 15.5 Å². The lowest BCUT2D eigenvalue weighted by molar-refractivity contribution is -0.146. The average Bonchev–Trinajstić information content (AvgIpc) is 2.60. The van der Waals surface area contributed by atoms with Crippen LogP contribution in [0.5, 0.6) is 0 Å². The molecule has 1 amide bonds. The first kappa shape index (κ1) is 11.2. The van der Waals surface area contributed by atoms with Crippen molar-refractivity contribution in [1.82, 2.24) is 15.1 Å². The molecular weight excluding hydrogens is 202 g/mol. The second kappa shape index (κ2) is 4.56. The number of hydrogen-bond acceptors (Lipinski definition) is 4. The Morgan fingerprint density at radius 2 is 2.33 bits per heavy atom. The number of nitrogens with zero attached hydrogens (tertiary/aromatic N) is 2. The van der Waals surface area contributed by atoms with E-state index in [1.54, 1.807) is 7.05 Å². The summed E-state index contributed by atoms with van der Waals surface area (Å²) in [6.45, 7) is -0.334. The lowest BCUT2D eigenvalue weighted by atomic mass is 10.3. The molecule has 1 heterocycles. The minimum atomic E-state index is -1.60. The third kappa shape index (κ3) is 2.78. The van der Waals surface area contributed by atoms with Gasteiger partial charge in [-0.1, -0.05) is 0 Å². The van der Waals surface area contributed by atoms with Crippen LogP contribution < -0.4 is 5.32 Å². The van der Waals surface area contributed by atoms with Gasteiger partial charge in [-0.05, 0) is 6.07 Å². The molecular formula is C8H11N3O4. The highest BCUT2D eigenvalue weighted by Crippen LogP contribution is 1.95. The maximum Gasteiger partial charge on any atom is 0.334 e. The van der Waals surface area contributed by atoms with Crippen LogP contribution in [0.1, 0.15) is 10.5 Å². The number of amides is 1. The van der Waals surface area contributed by atoms with E-state index >= 15 is 0 Å². The third-order valence-corrected chi connectivity index (χ3v) is 1.79. The number of aryl methyl sites for hydroxylation is 1. The van der Waals surface area contributed by atoms with Crippen molar-refractivity contribution in [3.63, 3.8) is 0 Å². The van der Waals surface area contributed by atoms with Crippen LogP contribution in [0.3, 0.4) is 0 Å². The van der Waals surface area contributed by atoms with Gasteiger partial charge in [0.25, 0.3) is 5.91 Å². The molecule has 1 rings (SSSR count). The first-order valence-corrected chi connectivity index (χ1v) is 4.19. The van der Waals surface area contributed by atoms with Crippen LogP contribution in [-0.2, 0) is 11.8 Å². The van der Waals surface area contributed by atoms with Gasteiger partial charge in [-0.3, -0.25) is 9.48 Å². The molecule has 0 aliphatic rings. The summed E-state index contributed by atoms with van der Waals surface area (Å²) in [4.78, 5) is 21.6. The molecule has 3 N–H and O–H groups in total. The maximum absolute atomic E-state index is 11.4. The minimum Gasteiger partial charge on any atom is -0.479 e. The van der Waals surface area contributed by atoms with E-state index in [4.69, 9.17) is 10.2 Å². The number of rotatable bonds is 4. The van der Waals surface area contributed by atoms with Crippen LogP contribution in [-0.4, -0.2) is 44.5 Å². The fourth-order valence-corrected chi connectivity index (χ4v) is 0.964. The molecule has 0 aliphatic carbocycles. The minimum absolute atomic E-state index is 0.299. The molecule has 0 unspecified atom stereocenters. The number of carbonyl (C=O) groups excluding carboxylic acids is 1. The number of aliphatic hydroxyl groups is 1. The first-order valence-electron chi connectivity index (χ1n) is 4.19. The number of carbonyl (C=O) groups is 2. The molecule has 7 heteroatoms. The van der Waals surface area contributed by atoms with Gasteiger partial charge in [0.2, 0.25) is 0 Å². The maximum atomic E-state index is 11.4. The zero-order valence-electron chi connectivity index (χ0n) is 8.04. The molecule has 0 aromatic carbocycles. The molecule has 7 nitrogen and oxygen atoms in total. The quantitative estimate of drug-likeness (QED) is 0.570. The van der Waals surface area contributed by atoms with Crippen molar-refractivity contribution in [2.24, 2.45) is 7.05 Å². The number of aromatic nitrogens is 2. The van der Waals surface area contributed by atoms with Crippen LogP contribution in [0.4, 0.5) is 0 Å². The van der Waals surface area contributed by atoms with Gasteiger partial charge in [0.05, 0.1) is 6.54 Å². The summed E-state index contributed by atoms with van der Waals surface area (Å²) in [6.07, 6.45) is -0.148. The highest BCUT2D eigenvalue weighted by Gasteiger charge is 2.16. The zero-order chi connectivity index (χ0) is 11.4. The van der Waals surface area contributed by atoms with Crippen LogP contribution in [0.25, 0.3) is 0 Å². The number of nitrogens with one attached hydrogen (secondary N) is 1. The van der Waals surface area contributed by atoms with Crippen LogP contribution in [0, 0.1) is 0 Å². The molecule has 0 fully saturated rings. The van der Waals surface area contributed by atoms with Gasteiger partial charge in [0.1, 0.15) is 5.69 Å². The Balaban J connectivity index is 2.51. The summed E-state index contributed by atoms with van der Waals surface area (Å²) in [5.41, 5.74) is 0.299. The molecule has 0 saturated heterocycles. The SMILES string of the molecule is Cn1nccc1C(=O)NC[C@H](O)C(=O)O. The molecule has 0 spiro atoms. The molecule has 1 atom stereocenters. The smallest absolute Gasteiger partial charge is 0.334 e. The Morgan fingerprint density at radius 3 is 2.80 bits per heavy atom. The van der Waals surface area contributed by atoms with E-state index in [1.165, 1.54) is 16.9 Å². The predicted octanol–water partition coefficient (Wildman–Crippen LogP) is -1.40. The van der Waals surface area contributed by atoms with E-state index in [9.17, 15) is 9.59 Å². The molecule has 1 aromatic rings. The van der Waals surface area contributed by atoms with E-state index in [2.05, 4.69) is 10.4 Å². The van der Waals surface area contributed by atoms with Crippen LogP contribution in [0.15, 0.2) is 12.3 Å². The predicted molar refractivity (Wildman–Crippen MR) is 49.2 cm³/mol. The second-order valence-electron chi connectivity index (χ2n) is 2.90. The van der Waals surface area contributed by atoms with Gasteiger partial charge in [0.15, 0.2) is 6.10 Å². The van der Waals surface area contributed by atoms with Crippen molar-refractivity contribution in [2.75, 3.05) is 6.54 Å². The molecule has 82 valence electrons.